The topological polar surface area (TPSA) is 83.6 Å². The average Bonchev–Trinajstić information content (AvgIpc) is 3.12. The Labute approximate surface area is 141 Å². The number of hydrogen-bond acceptors (Lipinski definition) is 5. The number of nitrogens with zero attached hydrogens (tertiary/aromatic N) is 3. The fourth-order valence-electron chi connectivity index (χ4n) is 2.51. The van der Waals surface area contributed by atoms with E-state index in [1.54, 1.807) is 12.1 Å². The molecule has 2 aromatic heterocycles. The minimum atomic E-state index is -0.482. The maximum Gasteiger partial charge on any atom is 0.267 e. The first-order valence-corrected chi connectivity index (χ1v) is 8.38. The van der Waals surface area contributed by atoms with E-state index in [9.17, 15) is 9.18 Å². The van der Waals surface area contributed by atoms with Crippen LogP contribution in [0.2, 0.25) is 0 Å². The van der Waals surface area contributed by atoms with Crippen LogP contribution in [0, 0.1) is 12.7 Å². The first-order chi connectivity index (χ1) is 11.6. The molecule has 1 amide bonds. The van der Waals surface area contributed by atoms with Crippen LogP contribution < -0.4 is 5.32 Å². The van der Waals surface area contributed by atoms with Crippen molar-refractivity contribution in [2.75, 3.05) is 5.32 Å². The Morgan fingerprint density at radius 1 is 1.42 bits per heavy atom. The zero-order valence-electron chi connectivity index (χ0n) is 12.8. The smallest absolute Gasteiger partial charge is 0.267 e. The van der Waals surface area contributed by atoms with Gasteiger partial charge in [-0.25, -0.2) is 14.4 Å². The zero-order chi connectivity index (χ0) is 16.7. The molecule has 0 spiro atoms. The fraction of sp³-hybridized carbons (Fsp3) is 0.250. The second kappa shape index (κ2) is 5.79. The van der Waals surface area contributed by atoms with Crippen molar-refractivity contribution < 1.29 is 9.18 Å². The molecule has 1 aliphatic rings. The van der Waals surface area contributed by atoms with E-state index in [1.165, 1.54) is 23.7 Å². The summed E-state index contributed by atoms with van der Waals surface area (Å²) in [6.45, 7) is 1.82. The van der Waals surface area contributed by atoms with Gasteiger partial charge in [0.05, 0.1) is 22.0 Å². The summed E-state index contributed by atoms with van der Waals surface area (Å²) in [7, 11) is 0. The number of carbonyl (C=O) groups is 1. The van der Waals surface area contributed by atoms with Crippen LogP contribution in [-0.2, 0) is 0 Å². The molecule has 0 bridgehead atoms. The van der Waals surface area contributed by atoms with Crippen LogP contribution in [-0.4, -0.2) is 26.1 Å². The Kier molecular flexibility index (Phi) is 3.61. The molecule has 6 nitrogen and oxygen atoms in total. The maximum absolute atomic E-state index is 14.2. The van der Waals surface area contributed by atoms with Crippen LogP contribution in [0.4, 0.5) is 10.1 Å². The first-order valence-electron chi connectivity index (χ1n) is 7.56. The molecular weight excluding hydrogens is 329 g/mol. The summed E-state index contributed by atoms with van der Waals surface area (Å²) in [5, 5.41) is 10.1. The molecular formula is C16H14FN5OS. The van der Waals surface area contributed by atoms with Crippen LogP contribution in [0.1, 0.15) is 39.1 Å². The van der Waals surface area contributed by atoms with Gasteiger partial charge in [-0.15, -0.1) is 11.3 Å². The summed E-state index contributed by atoms with van der Waals surface area (Å²) in [6.07, 6.45) is 3.56. The average molecular weight is 343 g/mol. The molecule has 8 heteroatoms. The Morgan fingerprint density at radius 2 is 2.25 bits per heavy atom. The standard InChI is InChI=1S/C16H14FN5OS/c1-8-13(24-16(20-8)9-5-6-9)15(23)21-11-4-2-3-10(17)12(11)14-18-7-19-22-14/h2-4,7,9H,5-6H2,1H3,(H,21,23)(H,18,19,22). The van der Waals surface area contributed by atoms with Crippen LogP contribution in [0.5, 0.6) is 0 Å². The van der Waals surface area contributed by atoms with E-state index in [0.29, 0.717) is 22.2 Å². The predicted molar refractivity (Wildman–Crippen MR) is 88.6 cm³/mol. The molecule has 1 aromatic carbocycles. The minimum Gasteiger partial charge on any atom is -0.320 e. The van der Waals surface area contributed by atoms with Gasteiger partial charge in [-0.3, -0.25) is 9.89 Å². The van der Waals surface area contributed by atoms with E-state index in [0.717, 1.165) is 17.8 Å². The third-order valence-corrected chi connectivity index (χ3v) is 5.18. The lowest BCUT2D eigenvalue weighted by Gasteiger charge is -2.09. The quantitative estimate of drug-likeness (QED) is 0.759. The fourth-order valence-corrected chi connectivity index (χ4v) is 3.64. The lowest BCUT2D eigenvalue weighted by Crippen LogP contribution is -2.13. The van der Waals surface area contributed by atoms with Gasteiger partial charge >= 0.3 is 0 Å². The van der Waals surface area contributed by atoms with Crippen molar-refractivity contribution in [3.8, 4) is 11.4 Å². The van der Waals surface area contributed by atoms with E-state index < -0.39 is 5.82 Å². The molecule has 122 valence electrons. The summed E-state index contributed by atoms with van der Waals surface area (Å²) >= 11 is 1.41. The van der Waals surface area contributed by atoms with Gasteiger partial charge < -0.3 is 5.32 Å². The van der Waals surface area contributed by atoms with Gasteiger partial charge in [-0.2, -0.15) is 5.10 Å². The van der Waals surface area contributed by atoms with Crippen molar-refractivity contribution in [3.63, 3.8) is 0 Å². The molecule has 2 heterocycles. The van der Waals surface area contributed by atoms with Crippen LogP contribution in [0.15, 0.2) is 24.5 Å². The highest BCUT2D eigenvalue weighted by molar-refractivity contribution is 7.14. The molecule has 4 rings (SSSR count). The number of aromatic amines is 1. The second-order valence-electron chi connectivity index (χ2n) is 5.69. The number of aromatic nitrogens is 4. The predicted octanol–water partition coefficient (Wildman–Crippen LogP) is 3.51. The van der Waals surface area contributed by atoms with Gasteiger partial charge in [0.2, 0.25) is 0 Å². The van der Waals surface area contributed by atoms with Gasteiger partial charge in [0.1, 0.15) is 17.0 Å². The number of carbonyl (C=O) groups excluding carboxylic acids is 1. The molecule has 0 aliphatic heterocycles. The van der Waals surface area contributed by atoms with Crippen molar-refractivity contribution in [1.82, 2.24) is 20.2 Å². The molecule has 1 fully saturated rings. The molecule has 2 N–H and O–H groups in total. The van der Waals surface area contributed by atoms with Gasteiger partial charge in [0.25, 0.3) is 5.91 Å². The van der Waals surface area contributed by atoms with Gasteiger partial charge in [0, 0.05) is 5.92 Å². The number of amides is 1. The summed E-state index contributed by atoms with van der Waals surface area (Å²) in [4.78, 5) is 21.6. The third-order valence-electron chi connectivity index (χ3n) is 3.86. The highest BCUT2D eigenvalue weighted by atomic mass is 32.1. The maximum atomic E-state index is 14.2. The molecule has 1 saturated carbocycles. The summed E-state index contributed by atoms with van der Waals surface area (Å²) in [5.41, 5.74) is 1.24. The molecule has 0 saturated heterocycles. The van der Waals surface area contributed by atoms with Crippen molar-refractivity contribution in [3.05, 3.63) is 45.9 Å². The number of thiazole rings is 1. The van der Waals surface area contributed by atoms with E-state index in [1.807, 2.05) is 6.92 Å². The van der Waals surface area contributed by atoms with E-state index in [4.69, 9.17) is 0 Å². The number of rotatable bonds is 4. The molecule has 1 aliphatic carbocycles. The lowest BCUT2D eigenvalue weighted by atomic mass is 10.1. The number of hydrogen-bond donors (Lipinski definition) is 2. The Hall–Kier alpha value is -2.61. The van der Waals surface area contributed by atoms with Crippen molar-refractivity contribution >= 4 is 22.9 Å². The Bertz CT molecular complexity index is 901. The normalized spacial score (nSPS) is 13.9. The minimum absolute atomic E-state index is 0.188. The SMILES string of the molecule is Cc1nc(C2CC2)sc1C(=O)Nc1cccc(F)c1-c1ncn[nH]1. The Balaban J connectivity index is 1.66. The van der Waals surface area contributed by atoms with Gasteiger partial charge in [0.15, 0.2) is 5.82 Å². The van der Waals surface area contributed by atoms with Gasteiger partial charge in [-0.1, -0.05) is 6.07 Å². The molecule has 24 heavy (non-hydrogen) atoms. The molecule has 0 atom stereocenters. The van der Waals surface area contributed by atoms with Crippen LogP contribution in [0.25, 0.3) is 11.4 Å². The second-order valence-corrected chi connectivity index (χ2v) is 6.72. The zero-order valence-corrected chi connectivity index (χ0v) is 13.7. The summed E-state index contributed by atoms with van der Waals surface area (Å²) in [6, 6.07) is 4.49. The molecule has 0 unspecified atom stereocenters. The van der Waals surface area contributed by atoms with Crippen molar-refractivity contribution in [2.45, 2.75) is 25.7 Å². The first kappa shape index (κ1) is 14.9. The lowest BCUT2D eigenvalue weighted by molar-refractivity contribution is 0.103. The number of nitrogens with one attached hydrogen (secondary N) is 2. The van der Waals surface area contributed by atoms with E-state index >= 15 is 0 Å². The number of H-pyrrole nitrogens is 1. The highest BCUT2D eigenvalue weighted by Gasteiger charge is 2.29. The monoisotopic (exact) mass is 343 g/mol. The largest absolute Gasteiger partial charge is 0.320 e. The number of benzene rings is 1. The highest BCUT2D eigenvalue weighted by Crippen LogP contribution is 2.42. The Morgan fingerprint density at radius 3 is 2.96 bits per heavy atom. The summed E-state index contributed by atoms with van der Waals surface area (Å²) < 4.78 is 14.2. The van der Waals surface area contributed by atoms with Crippen LogP contribution >= 0.6 is 11.3 Å². The molecule has 0 radical (unpaired) electrons. The number of anilines is 1. The van der Waals surface area contributed by atoms with Crippen molar-refractivity contribution in [2.24, 2.45) is 0 Å². The number of aryl methyl sites for hydroxylation is 1. The van der Waals surface area contributed by atoms with Crippen molar-refractivity contribution in [1.29, 1.82) is 0 Å². The van der Waals surface area contributed by atoms with E-state index in [-0.39, 0.29) is 17.3 Å². The number of halogens is 1. The summed E-state index contributed by atoms with van der Waals surface area (Å²) in [5.74, 6) is -0.00946. The third kappa shape index (κ3) is 2.69. The van der Waals surface area contributed by atoms with Gasteiger partial charge in [-0.05, 0) is 31.9 Å². The van der Waals surface area contributed by atoms with E-state index in [2.05, 4.69) is 25.5 Å². The van der Waals surface area contributed by atoms with Crippen LogP contribution in [0.3, 0.4) is 0 Å². The molecule has 3 aromatic rings.